The van der Waals surface area contributed by atoms with E-state index in [4.69, 9.17) is 9.72 Å². The highest BCUT2D eigenvalue weighted by Crippen LogP contribution is 2.30. The van der Waals surface area contributed by atoms with Crippen molar-refractivity contribution in [2.75, 3.05) is 18.2 Å². The molecule has 3 aromatic carbocycles. The molecule has 0 fully saturated rings. The minimum Gasteiger partial charge on any atom is -0.495 e. The predicted octanol–water partition coefficient (Wildman–Crippen LogP) is 5.51. The fourth-order valence-electron chi connectivity index (χ4n) is 3.93. The molecule has 2 N–H and O–H groups in total. The summed E-state index contributed by atoms with van der Waals surface area (Å²) in [5.41, 5.74) is 1.91. The standard InChI is InChI=1S/C26H19F3N4O4S/c1-36-20-9-5-4-8-19(20)33-24(35)23-22(17-6-2-3-7-18(17)31-23)32-25(33)38-14-21(34)30-15-10-12-16(13-11-15)37-26(27,28)29/h2-13,31H,14H2,1H3,(H,30,34). The Morgan fingerprint density at radius 1 is 1.05 bits per heavy atom. The van der Waals surface area contributed by atoms with Crippen LogP contribution in [-0.4, -0.2) is 39.7 Å². The van der Waals surface area contributed by atoms with E-state index in [1.807, 2.05) is 24.3 Å². The van der Waals surface area contributed by atoms with Crippen molar-refractivity contribution in [2.45, 2.75) is 11.5 Å². The van der Waals surface area contributed by atoms with Crippen molar-refractivity contribution in [3.8, 4) is 17.2 Å². The van der Waals surface area contributed by atoms with Gasteiger partial charge in [0.25, 0.3) is 5.56 Å². The Bertz CT molecular complexity index is 1700. The van der Waals surface area contributed by atoms with Crippen LogP contribution in [0, 0.1) is 0 Å². The molecule has 194 valence electrons. The molecule has 0 atom stereocenters. The third-order valence-corrected chi connectivity index (χ3v) is 6.46. The minimum atomic E-state index is -4.81. The van der Waals surface area contributed by atoms with Gasteiger partial charge < -0.3 is 19.8 Å². The molecule has 0 aliphatic carbocycles. The molecule has 0 spiro atoms. The maximum atomic E-state index is 13.7. The van der Waals surface area contributed by atoms with E-state index in [1.165, 1.54) is 23.8 Å². The highest BCUT2D eigenvalue weighted by Gasteiger charge is 2.31. The van der Waals surface area contributed by atoms with Gasteiger partial charge in [-0.05, 0) is 42.5 Å². The average Bonchev–Trinajstić information content (AvgIpc) is 3.27. The molecule has 2 aromatic heterocycles. The summed E-state index contributed by atoms with van der Waals surface area (Å²) in [6.45, 7) is 0. The van der Waals surface area contributed by atoms with Crippen LogP contribution in [-0.2, 0) is 4.79 Å². The van der Waals surface area contributed by atoms with E-state index < -0.39 is 18.0 Å². The van der Waals surface area contributed by atoms with E-state index in [2.05, 4.69) is 15.0 Å². The number of rotatable bonds is 7. The Balaban J connectivity index is 1.46. The maximum Gasteiger partial charge on any atom is 0.573 e. The Morgan fingerprint density at radius 2 is 1.76 bits per heavy atom. The second-order valence-electron chi connectivity index (χ2n) is 8.01. The van der Waals surface area contributed by atoms with Crippen molar-refractivity contribution in [2.24, 2.45) is 0 Å². The normalized spacial score (nSPS) is 11.6. The van der Waals surface area contributed by atoms with Gasteiger partial charge in [0.1, 0.15) is 22.5 Å². The number of carbonyl (C=O) groups is 1. The molecule has 0 radical (unpaired) electrons. The van der Waals surface area contributed by atoms with Crippen molar-refractivity contribution < 1.29 is 27.4 Å². The summed E-state index contributed by atoms with van der Waals surface area (Å²) in [4.78, 5) is 34.2. The fourth-order valence-corrected chi connectivity index (χ4v) is 4.73. The highest BCUT2D eigenvalue weighted by atomic mass is 32.2. The molecule has 12 heteroatoms. The Labute approximate surface area is 217 Å². The number of benzene rings is 3. The summed E-state index contributed by atoms with van der Waals surface area (Å²) in [6, 6.07) is 19.1. The smallest absolute Gasteiger partial charge is 0.495 e. The number of nitrogens with zero attached hydrogens (tertiary/aromatic N) is 2. The van der Waals surface area contributed by atoms with Crippen LogP contribution < -0.4 is 20.3 Å². The van der Waals surface area contributed by atoms with E-state index >= 15 is 0 Å². The van der Waals surface area contributed by atoms with E-state index in [1.54, 1.807) is 24.3 Å². The number of aromatic nitrogens is 3. The van der Waals surface area contributed by atoms with E-state index in [-0.39, 0.29) is 22.2 Å². The quantitative estimate of drug-likeness (QED) is 0.209. The highest BCUT2D eigenvalue weighted by molar-refractivity contribution is 7.99. The zero-order valence-corrected chi connectivity index (χ0v) is 20.5. The largest absolute Gasteiger partial charge is 0.573 e. The number of para-hydroxylation sites is 3. The number of nitrogens with one attached hydrogen (secondary N) is 2. The molecule has 38 heavy (non-hydrogen) atoms. The fraction of sp³-hybridized carbons (Fsp3) is 0.115. The van der Waals surface area contributed by atoms with Gasteiger partial charge in [-0.25, -0.2) is 9.55 Å². The molecule has 5 aromatic rings. The van der Waals surface area contributed by atoms with Crippen LogP contribution in [0.25, 0.3) is 27.6 Å². The molecule has 2 heterocycles. The SMILES string of the molecule is COc1ccccc1-n1c(SCC(=O)Nc2ccc(OC(F)(F)F)cc2)nc2c([nH]c3ccccc32)c1=O. The van der Waals surface area contributed by atoms with Crippen LogP contribution in [0.2, 0.25) is 0 Å². The number of methoxy groups -OCH3 is 1. The third-order valence-electron chi connectivity index (χ3n) is 5.52. The number of hydrogen-bond donors (Lipinski definition) is 2. The summed E-state index contributed by atoms with van der Waals surface area (Å²) in [7, 11) is 1.49. The molecule has 0 aliphatic rings. The summed E-state index contributed by atoms with van der Waals surface area (Å²) in [5, 5.41) is 3.65. The van der Waals surface area contributed by atoms with Crippen molar-refractivity contribution in [3.63, 3.8) is 0 Å². The number of carbonyl (C=O) groups excluding carboxylic acids is 1. The lowest BCUT2D eigenvalue weighted by atomic mass is 10.2. The first kappa shape index (κ1) is 25.2. The van der Waals surface area contributed by atoms with Crippen molar-refractivity contribution >= 4 is 45.3 Å². The lowest BCUT2D eigenvalue weighted by Gasteiger charge is -2.15. The number of fused-ring (bicyclic) bond motifs is 3. The van der Waals surface area contributed by atoms with Gasteiger partial charge >= 0.3 is 6.36 Å². The molecule has 1 amide bonds. The molecule has 0 saturated carbocycles. The van der Waals surface area contributed by atoms with Crippen LogP contribution in [0.5, 0.6) is 11.5 Å². The van der Waals surface area contributed by atoms with Gasteiger partial charge in [0.2, 0.25) is 5.91 Å². The summed E-state index contributed by atoms with van der Waals surface area (Å²) >= 11 is 1.04. The van der Waals surface area contributed by atoms with Gasteiger partial charge in [-0.2, -0.15) is 0 Å². The predicted molar refractivity (Wildman–Crippen MR) is 138 cm³/mol. The zero-order valence-electron chi connectivity index (χ0n) is 19.7. The second kappa shape index (κ2) is 10.1. The van der Waals surface area contributed by atoms with Gasteiger partial charge in [0, 0.05) is 16.6 Å². The third kappa shape index (κ3) is 5.16. The summed E-state index contributed by atoms with van der Waals surface area (Å²) < 4.78 is 47.8. The number of aromatic amines is 1. The molecular formula is C26H19F3N4O4S. The summed E-state index contributed by atoms with van der Waals surface area (Å²) in [6.07, 6.45) is -4.81. The van der Waals surface area contributed by atoms with Crippen molar-refractivity contribution in [1.29, 1.82) is 0 Å². The van der Waals surface area contributed by atoms with E-state index in [9.17, 15) is 22.8 Å². The first-order valence-electron chi connectivity index (χ1n) is 11.2. The number of thioether (sulfide) groups is 1. The number of anilines is 1. The topological polar surface area (TPSA) is 98.2 Å². The first-order chi connectivity index (χ1) is 18.2. The number of halogens is 3. The number of ether oxygens (including phenoxy) is 2. The lowest BCUT2D eigenvalue weighted by Crippen LogP contribution is -2.23. The number of hydrogen-bond acceptors (Lipinski definition) is 6. The monoisotopic (exact) mass is 540 g/mol. The van der Waals surface area contributed by atoms with Crippen LogP contribution in [0.4, 0.5) is 18.9 Å². The Morgan fingerprint density at radius 3 is 2.50 bits per heavy atom. The average molecular weight is 541 g/mol. The summed E-state index contributed by atoms with van der Waals surface area (Å²) in [5.74, 6) is -0.531. The van der Waals surface area contributed by atoms with E-state index in [0.717, 1.165) is 34.8 Å². The molecular weight excluding hydrogens is 521 g/mol. The molecule has 0 aliphatic heterocycles. The Hall–Kier alpha value is -4.45. The maximum absolute atomic E-state index is 13.7. The zero-order chi connectivity index (χ0) is 26.9. The van der Waals surface area contributed by atoms with Crippen molar-refractivity contribution in [3.05, 3.63) is 83.2 Å². The first-order valence-corrected chi connectivity index (χ1v) is 12.2. The number of amides is 1. The Kier molecular flexibility index (Phi) is 6.72. The van der Waals surface area contributed by atoms with Crippen molar-refractivity contribution in [1.82, 2.24) is 14.5 Å². The molecule has 5 rings (SSSR count). The van der Waals surface area contributed by atoms with E-state index in [0.29, 0.717) is 22.5 Å². The number of alkyl halides is 3. The number of H-pyrrole nitrogens is 1. The van der Waals surface area contributed by atoms with Crippen LogP contribution in [0.3, 0.4) is 0 Å². The molecule has 0 unspecified atom stereocenters. The van der Waals surface area contributed by atoms with Gasteiger partial charge in [-0.1, -0.05) is 42.1 Å². The van der Waals surface area contributed by atoms with Crippen LogP contribution in [0.15, 0.2) is 82.7 Å². The molecule has 8 nitrogen and oxygen atoms in total. The minimum absolute atomic E-state index is 0.129. The molecule has 0 bridgehead atoms. The van der Waals surface area contributed by atoms with Crippen LogP contribution >= 0.6 is 11.8 Å². The van der Waals surface area contributed by atoms with Gasteiger partial charge in [-0.15, -0.1) is 13.2 Å². The van der Waals surface area contributed by atoms with Gasteiger partial charge in [0.15, 0.2) is 5.16 Å². The molecule has 0 saturated heterocycles. The van der Waals surface area contributed by atoms with Gasteiger partial charge in [0.05, 0.1) is 18.6 Å². The lowest BCUT2D eigenvalue weighted by molar-refractivity contribution is -0.274. The second-order valence-corrected chi connectivity index (χ2v) is 8.95. The van der Waals surface area contributed by atoms with Gasteiger partial charge in [-0.3, -0.25) is 9.59 Å². The van der Waals surface area contributed by atoms with Crippen LogP contribution in [0.1, 0.15) is 0 Å².